The summed E-state index contributed by atoms with van der Waals surface area (Å²) in [5.74, 6) is 2.76. The second kappa shape index (κ2) is 5.75. The Balaban J connectivity index is 1.51. The van der Waals surface area contributed by atoms with Crippen molar-refractivity contribution in [1.82, 2.24) is 10.6 Å². The van der Waals surface area contributed by atoms with Crippen molar-refractivity contribution in [2.24, 2.45) is 0 Å². The fraction of sp³-hybridized carbons (Fsp3) is 0.909. The van der Waals surface area contributed by atoms with Crippen molar-refractivity contribution in [3.05, 3.63) is 0 Å². The third-order valence-electron chi connectivity index (χ3n) is 2.95. The second-order valence-electron chi connectivity index (χ2n) is 4.43. The fourth-order valence-electron chi connectivity index (χ4n) is 1.82. The number of carbonyl (C=O) groups excluding carboxylic acids is 1. The highest BCUT2D eigenvalue weighted by Crippen LogP contribution is 2.18. The minimum atomic E-state index is 0.218. The molecule has 3 nitrogen and oxygen atoms in total. The normalized spacial score (nSPS) is 22.7. The molecule has 1 saturated carbocycles. The maximum absolute atomic E-state index is 11.4. The Bertz CT molecular complexity index is 213. The highest BCUT2D eigenvalue weighted by atomic mass is 32.2. The van der Waals surface area contributed by atoms with E-state index in [-0.39, 0.29) is 5.91 Å². The van der Waals surface area contributed by atoms with E-state index in [2.05, 4.69) is 10.6 Å². The van der Waals surface area contributed by atoms with Gasteiger partial charge in [0.25, 0.3) is 0 Å². The van der Waals surface area contributed by atoms with Crippen LogP contribution in [0.1, 0.15) is 32.1 Å². The lowest BCUT2D eigenvalue weighted by Crippen LogP contribution is -2.36. The summed E-state index contributed by atoms with van der Waals surface area (Å²) < 4.78 is 0. The molecule has 0 atom stereocenters. The maximum atomic E-state index is 11.4. The zero-order chi connectivity index (χ0) is 10.5. The Morgan fingerprint density at radius 1 is 1.13 bits per heavy atom. The van der Waals surface area contributed by atoms with Crippen molar-refractivity contribution in [2.45, 2.75) is 44.2 Å². The Morgan fingerprint density at radius 2 is 1.87 bits per heavy atom. The molecule has 15 heavy (non-hydrogen) atoms. The van der Waals surface area contributed by atoms with Gasteiger partial charge in [0.1, 0.15) is 0 Å². The lowest BCUT2D eigenvalue weighted by molar-refractivity contribution is -0.121. The first-order valence-electron chi connectivity index (χ1n) is 5.95. The molecule has 4 heteroatoms. The van der Waals surface area contributed by atoms with Gasteiger partial charge in [0.2, 0.25) is 5.91 Å². The van der Waals surface area contributed by atoms with E-state index >= 15 is 0 Å². The summed E-state index contributed by atoms with van der Waals surface area (Å²) in [5.41, 5.74) is 0. The maximum Gasteiger partial charge on any atom is 0.221 e. The molecule has 0 aromatic heterocycles. The Labute approximate surface area is 95.8 Å². The van der Waals surface area contributed by atoms with E-state index in [4.69, 9.17) is 0 Å². The van der Waals surface area contributed by atoms with Gasteiger partial charge in [0.05, 0.1) is 0 Å². The first-order chi connectivity index (χ1) is 7.34. The van der Waals surface area contributed by atoms with Gasteiger partial charge in [-0.05, 0) is 37.2 Å². The molecule has 1 saturated heterocycles. The number of hydrogen-bond donors (Lipinski definition) is 2. The van der Waals surface area contributed by atoms with Gasteiger partial charge in [-0.1, -0.05) is 0 Å². The molecule has 0 bridgehead atoms. The largest absolute Gasteiger partial charge is 0.353 e. The molecule has 2 rings (SSSR count). The number of amides is 1. The second-order valence-corrected chi connectivity index (χ2v) is 5.66. The molecule has 2 aliphatic rings. The Kier molecular flexibility index (Phi) is 4.32. The van der Waals surface area contributed by atoms with E-state index in [1.807, 2.05) is 11.8 Å². The van der Waals surface area contributed by atoms with Crippen LogP contribution in [0.3, 0.4) is 0 Å². The van der Waals surface area contributed by atoms with E-state index in [1.165, 1.54) is 37.2 Å². The zero-order valence-corrected chi connectivity index (χ0v) is 9.94. The third kappa shape index (κ3) is 4.43. The van der Waals surface area contributed by atoms with E-state index in [9.17, 15) is 4.79 Å². The average molecular weight is 228 g/mol. The third-order valence-corrected chi connectivity index (χ3v) is 4.00. The molecule has 1 aliphatic carbocycles. The molecule has 2 N–H and O–H groups in total. The number of hydrogen-bond acceptors (Lipinski definition) is 3. The molecule has 0 radical (unpaired) electrons. The van der Waals surface area contributed by atoms with Gasteiger partial charge in [-0.25, -0.2) is 0 Å². The summed E-state index contributed by atoms with van der Waals surface area (Å²) in [6.07, 6.45) is 5.52. The van der Waals surface area contributed by atoms with Crippen LogP contribution in [0.15, 0.2) is 0 Å². The predicted molar refractivity (Wildman–Crippen MR) is 64.1 cm³/mol. The number of nitrogens with one attached hydrogen (secondary N) is 2. The van der Waals surface area contributed by atoms with Gasteiger partial charge in [-0.2, -0.15) is 11.8 Å². The standard InChI is InChI=1S/C11H20N2OS/c14-11(13-10-1-2-10)3-6-12-9-4-7-15-8-5-9/h9-10,12H,1-8H2,(H,13,14). The molecule has 1 aliphatic heterocycles. The van der Waals surface area contributed by atoms with Crippen LogP contribution in [0.4, 0.5) is 0 Å². The van der Waals surface area contributed by atoms with Crippen LogP contribution in [0.2, 0.25) is 0 Å². The van der Waals surface area contributed by atoms with Crippen LogP contribution < -0.4 is 10.6 Å². The van der Waals surface area contributed by atoms with Crippen LogP contribution in [0, 0.1) is 0 Å². The summed E-state index contributed by atoms with van der Waals surface area (Å²) in [4.78, 5) is 11.4. The molecule has 86 valence electrons. The van der Waals surface area contributed by atoms with Gasteiger partial charge < -0.3 is 10.6 Å². The summed E-state index contributed by atoms with van der Waals surface area (Å²) in [5, 5.41) is 6.48. The van der Waals surface area contributed by atoms with Gasteiger partial charge in [0, 0.05) is 25.0 Å². The lowest BCUT2D eigenvalue weighted by Gasteiger charge is -2.22. The van der Waals surface area contributed by atoms with Crippen LogP contribution in [-0.2, 0) is 4.79 Å². The van der Waals surface area contributed by atoms with E-state index < -0.39 is 0 Å². The Morgan fingerprint density at radius 3 is 2.53 bits per heavy atom. The van der Waals surface area contributed by atoms with Crippen molar-refractivity contribution in [3.8, 4) is 0 Å². The van der Waals surface area contributed by atoms with Gasteiger partial charge >= 0.3 is 0 Å². The summed E-state index contributed by atoms with van der Waals surface area (Å²) in [6.45, 7) is 0.841. The van der Waals surface area contributed by atoms with E-state index in [1.54, 1.807) is 0 Å². The minimum Gasteiger partial charge on any atom is -0.353 e. The average Bonchev–Trinajstić information content (AvgIpc) is 3.03. The molecule has 1 amide bonds. The van der Waals surface area contributed by atoms with Crippen LogP contribution >= 0.6 is 11.8 Å². The minimum absolute atomic E-state index is 0.218. The van der Waals surface area contributed by atoms with Crippen molar-refractivity contribution in [1.29, 1.82) is 0 Å². The molecule has 2 fully saturated rings. The highest BCUT2D eigenvalue weighted by Gasteiger charge is 2.22. The molecule has 1 heterocycles. The monoisotopic (exact) mass is 228 g/mol. The van der Waals surface area contributed by atoms with Crippen LogP contribution in [-0.4, -0.2) is 36.0 Å². The van der Waals surface area contributed by atoms with Crippen molar-refractivity contribution in [3.63, 3.8) is 0 Å². The van der Waals surface area contributed by atoms with Gasteiger partial charge in [-0.3, -0.25) is 4.79 Å². The van der Waals surface area contributed by atoms with Crippen molar-refractivity contribution >= 4 is 17.7 Å². The number of rotatable bonds is 5. The first-order valence-corrected chi connectivity index (χ1v) is 7.10. The van der Waals surface area contributed by atoms with Crippen molar-refractivity contribution < 1.29 is 4.79 Å². The molecular weight excluding hydrogens is 208 g/mol. The molecule has 0 aromatic rings. The quantitative estimate of drug-likeness (QED) is 0.741. The Hall–Kier alpha value is -0.220. The van der Waals surface area contributed by atoms with E-state index in [0.717, 1.165) is 6.54 Å². The number of thioether (sulfide) groups is 1. The first kappa shape index (κ1) is 11.3. The van der Waals surface area contributed by atoms with Crippen LogP contribution in [0.5, 0.6) is 0 Å². The topological polar surface area (TPSA) is 41.1 Å². The lowest BCUT2D eigenvalue weighted by atomic mass is 10.1. The summed E-state index contributed by atoms with van der Waals surface area (Å²) >= 11 is 2.04. The SMILES string of the molecule is O=C(CCNC1CCSCC1)NC1CC1. The zero-order valence-electron chi connectivity index (χ0n) is 9.13. The highest BCUT2D eigenvalue weighted by molar-refractivity contribution is 7.99. The van der Waals surface area contributed by atoms with Crippen molar-refractivity contribution in [2.75, 3.05) is 18.1 Å². The van der Waals surface area contributed by atoms with Gasteiger partial charge in [-0.15, -0.1) is 0 Å². The summed E-state index contributed by atoms with van der Waals surface area (Å²) in [7, 11) is 0. The molecule has 0 aromatic carbocycles. The fourth-order valence-corrected chi connectivity index (χ4v) is 2.93. The smallest absolute Gasteiger partial charge is 0.221 e. The molecular formula is C11H20N2OS. The summed E-state index contributed by atoms with van der Waals surface area (Å²) in [6, 6.07) is 1.16. The van der Waals surface area contributed by atoms with Gasteiger partial charge in [0.15, 0.2) is 0 Å². The predicted octanol–water partition coefficient (Wildman–Crippen LogP) is 1.14. The molecule has 0 unspecified atom stereocenters. The van der Waals surface area contributed by atoms with Crippen LogP contribution in [0.25, 0.3) is 0 Å². The molecule has 0 spiro atoms. The van der Waals surface area contributed by atoms with E-state index in [0.29, 0.717) is 18.5 Å². The number of carbonyl (C=O) groups is 1.